The summed E-state index contributed by atoms with van der Waals surface area (Å²) in [5, 5.41) is 8.63. The molecule has 0 aliphatic heterocycles. The quantitative estimate of drug-likeness (QED) is 0.830. The van der Waals surface area contributed by atoms with Crippen molar-refractivity contribution in [3.05, 3.63) is 35.9 Å². The Hall–Kier alpha value is -0.960. The summed E-state index contributed by atoms with van der Waals surface area (Å²) in [4.78, 5) is 10.6. The third kappa shape index (κ3) is 3.07. The lowest BCUT2D eigenvalue weighted by atomic mass is 10.2. The van der Waals surface area contributed by atoms with Crippen LogP contribution >= 0.6 is 11.8 Å². The molecule has 2 unspecified atom stereocenters. The normalized spacial score (nSPS) is 14.7. The minimum Gasteiger partial charge on any atom is -0.480 e. The molecule has 0 radical (unpaired) electrons. The van der Waals surface area contributed by atoms with Gasteiger partial charge in [-0.2, -0.15) is 0 Å². The summed E-state index contributed by atoms with van der Waals surface area (Å²) in [7, 11) is 0. The number of hydrogen-bond acceptors (Lipinski definition) is 2. The predicted octanol–water partition coefficient (Wildman–Crippen LogP) is 2.95. The van der Waals surface area contributed by atoms with Gasteiger partial charge in [-0.05, 0) is 19.4 Å². The molecule has 0 heterocycles. The monoisotopic (exact) mass is 210 g/mol. The summed E-state index contributed by atoms with van der Waals surface area (Å²) >= 11 is 1.46. The summed E-state index contributed by atoms with van der Waals surface area (Å²) in [5.41, 5.74) is 1.17. The number of carbonyl (C=O) groups is 1. The molecule has 0 bridgehead atoms. The SMILES string of the molecule is CC(SC(C)c1ccccc1)C(=O)O. The van der Waals surface area contributed by atoms with Gasteiger partial charge in [-0.3, -0.25) is 4.79 Å². The first-order valence-corrected chi connectivity index (χ1v) is 5.48. The van der Waals surface area contributed by atoms with Crippen LogP contribution in [0, 0.1) is 0 Å². The van der Waals surface area contributed by atoms with E-state index in [4.69, 9.17) is 5.11 Å². The van der Waals surface area contributed by atoms with E-state index in [9.17, 15) is 4.79 Å². The first kappa shape index (κ1) is 11.1. The third-order valence-electron chi connectivity index (χ3n) is 2.03. The Kier molecular flexibility index (Phi) is 4.01. The largest absolute Gasteiger partial charge is 0.480 e. The Morgan fingerprint density at radius 1 is 1.29 bits per heavy atom. The van der Waals surface area contributed by atoms with Gasteiger partial charge < -0.3 is 5.11 Å². The first-order valence-electron chi connectivity index (χ1n) is 4.54. The third-order valence-corrected chi connectivity index (χ3v) is 3.32. The van der Waals surface area contributed by atoms with Crippen molar-refractivity contribution < 1.29 is 9.90 Å². The molecule has 1 N–H and O–H groups in total. The molecule has 0 aromatic heterocycles. The highest BCUT2D eigenvalue weighted by Gasteiger charge is 2.16. The smallest absolute Gasteiger partial charge is 0.316 e. The fourth-order valence-corrected chi connectivity index (χ4v) is 2.21. The molecule has 0 spiro atoms. The van der Waals surface area contributed by atoms with Crippen LogP contribution in [0.5, 0.6) is 0 Å². The van der Waals surface area contributed by atoms with E-state index in [1.807, 2.05) is 37.3 Å². The Morgan fingerprint density at radius 2 is 1.86 bits per heavy atom. The van der Waals surface area contributed by atoms with E-state index in [1.165, 1.54) is 17.3 Å². The number of aliphatic carboxylic acids is 1. The molecule has 1 aromatic rings. The number of rotatable bonds is 4. The molecule has 0 aliphatic rings. The van der Waals surface area contributed by atoms with Crippen LogP contribution in [0.2, 0.25) is 0 Å². The maximum absolute atomic E-state index is 10.6. The van der Waals surface area contributed by atoms with Gasteiger partial charge in [0.1, 0.15) is 0 Å². The van der Waals surface area contributed by atoms with Crippen molar-refractivity contribution in [2.45, 2.75) is 24.3 Å². The minimum absolute atomic E-state index is 0.224. The van der Waals surface area contributed by atoms with Crippen LogP contribution in [0.3, 0.4) is 0 Å². The van der Waals surface area contributed by atoms with Gasteiger partial charge in [0.2, 0.25) is 0 Å². The Balaban J connectivity index is 2.59. The number of carboxylic acids is 1. The lowest BCUT2D eigenvalue weighted by Crippen LogP contribution is -2.12. The lowest BCUT2D eigenvalue weighted by molar-refractivity contribution is -0.136. The van der Waals surface area contributed by atoms with E-state index >= 15 is 0 Å². The van der Waals surface area contributed by atoms with Crippen LogP contribution in [0.1, 0.15) is 24.7 Å². The molecule has 0 amide bonds. The molecule has 0 fully saturated rings. The number of hydrogen-bond donors (Lipinski definition) is 1. The highest BCUT2D eigenvalue weighted by Crippen LogP contribution is 2.31. The summed E-state index contributed by atoms with van der Waals surface area (Å²) < 4.78 is 0. The number of thioether (sulfide) groups is 1. The van der Waals surface area contributed by atoms with E-state index in [2.05, 4.69) is 0 Å². The zero-order chi connectivity index (χ0) is 10.6. The molecule has 3 heteroatoms. The molecule has 0 saturated heterocycles. The van der Waals surface area contributed by atoms with Crippen molar-refractivity contribution in [2.24, 2.45) is 0 Å². The van der Waals surface area contributed by atoms with Crippen LogP contribution < -0.4 is 0 Å². The van der Waals surface area contributed by atoms with Crippen molar-refractivity contribution in [1.29, 1.82) is 0 Å². The fraction of sp³-hybridized carbons (Fsp3) is 0.364. The van der Waals surface area contributed by atoms with Gasteiger partial charge >= 0.3 is 5.97 Å². The van der Waals surface area contributed by atoms with Gasteiger partial charge in [-0.15, -0.1) is 11.8 Å². The maximum Gasteiger partial charge on any atom is 0.316 e. The molecule has 2 atom stereocenters. The van der Waals surface area contributed by atoms with Crippen LogP contribution in [0.15, 0.2) is 30.3 Å². The van der Waals surface area contributed by atoms with Crippen molar-refractivity contribution >= 4 is 17.7 Å². The molecule has 0 aliphatic carbocycles. The van der Waals surface area contributed by atoms with Crippen LogP contribution in [0.4, 0.5) is 0 Å². The summed E-state index contributed by atoms with van der Waals surface area (Å²) in [6, 6.07) is 9.94. The molecule has 1 aromatic carbocycles. The van der Waals surface area contributed by atoms with Gasteiger partial charge in [0.25, 0.3) is 0 Å². The molecular formula is C11H14O2S. The molecule has 0 saturated carbocycles. The minimum atomic E-state index is -0.752. The molecule has 76 valence electrons. The highest BCUT2D eigenvalue weighted by atomic mass is 32.2. The van der Waals surface area contributed by atoms with Gasteiger partial charge in [-0.1, -0.05) is 30.3 Å². The maximum atomic E-state index is 10.6. The van der Waals surface area contributed by atoms with E-state index in [1.54, 1.807) is 6.92 Å². The number of benzene rings is 1. The molecular weight excluding hydrogens is 196 g/mol. The van der Waals surface area contributed by atoms with Crippen molar-refractivity contribution in [3.8, 4) is 0 Å². The van der Waals surface area contributed by atoms with Crippen molar-refractivity contribution in [1.82, 2.24) is 0 Å². The summed E-state index contributed by atoms with van der Waals surface area (Å²) in [5.74, 6) is -0.752. The topological polar surface area (TPSA) is 37.3 Å². The second-order valence-electron chi connectivity index (χ2n) is 3.17. The zero-order valence-electron chi connectivity index (χ0n) is 8.31. The molecule has 14 heavy (non-hydrogen) atoms. The molecule has 2 nitrogen and oxygen atoms in total. The second kappa shape index (κ2) is 5.05. The fourth-order valence-electron chi connectivity index (χ4n) is 1.17. The van der Waals surface area contributed by atoms with E-state index in [0.717, 1.165) is 0 Å². The second-order valence-corrected chi connectivity index (χ2v) is 4.86. The predicted molar refractivity (Wildman–Crippen MR) is 59.5 cm³/mol. The van der Waals surface area contributed by atoms with Crippen LogP contribution in [-0.4, -0.2) is 16.3 Å². The van der Waals surface area contributed by atoms with Crippen molar-refractivity contribution in [2.75, 3.05) is 0 Å². The highest BCUT2D eigenvalue weighted by molar-refractivity contribution is 8.00. The summed E-state index contributed by atoms with van der Waals surface area (Å²) in [6.07, 6.45) is 0. The van der Waals surface area contributed by atoms with Gasteiger partial charge in [0.05, 0.1) is 5.25 Å². The standard InChI is InChI=1S/C11H14O2S/c1-8(14-9(2)11(12)13)10-6-4-3-5-7-10/h3-9H,1-2H3,(H,12,13). The van der Waals surface area contributed by atoms with Crippen LogP contribution in [-0.2, 0) is 4.79 Å². The Labute approximate surface area is 88.3 Å². The lowest BCUT2D eigenvalue weighted by Gasteiger charge is -2.14. The van der Waals surface area contributed by atoms with Gasteiger partial charge in [-0.25, -0.2) is 0 Å². The van der Waals surface area contributed by atoms with E-state index in [0.29, 0.717) is 0 Å². The number of carboxylic acid groups (broad SMARTS) is 1. The Bertz CT molecular complexity index is 297. The Morgan fingerprint density at radius 3 is 2.36 bits per heavy atom. The van der Waals surface area contributed by atoms with Gasteiger partial charge in [0, 0.05) is 5.25 Å². The average Bonchev–Trinajstić information content (AvgIpc) is 2.19. The average molecular weight is 210 g/mol. The zero-order valence-corrected chi connectivity index (χ0v) is 9.12. The van der Waals surface area contributed by atoms with Crippen LogP contribution in [0.25, 0.3) is 0 Å². The van der Waals surface area contributed by atoms with E-state index < -0.39 is 5.97 Å². The summed E-state index contributed by atoms with van der Waals surface area (Å²) in [6.45, 7) is 3.74. The molecule has 1 rings (SSSR count). The van der Waals surface area contributed by atoms with E-state index in [-0.39, 0.29) is 10.5 Å². The van der Waals surface area contributed by atoms with Gasteiger partial charge in [0.15, 0.2) is 0 Å². The van der Waals surface area contributed by atoms with Crippen molar-refractivity contribution in [3.63, 3.8) is 0 Å². The first-order chi connectivity index (χ1) is 6.61.